The molecule has 0 spiro atoms. The Balaban J connectivity index is 3.36. The number of rotatable bonds is 3. The first-order valence-electron chi connectivity index (χ1n) is 5.58. The second-order valence-corrected chi connectivity index (χ2v) is 9.08. The van der Waals surface area contributed by atoms with Gasteiger partial charge in [0.2, 0.25) is 0 Å². The topological polar surface area (TPSA) is 34.1 Å². The van der Waals surface area contributed by atoms with E-state index in [2.05, 4.69) is 15.9 Å². The van der Waals surface area contributed by atoms with Crippen LogP contribution < -0.4 is 0 Å². The Hall–Kier alpha value is -0.0600. The number of hydrogen-bond acceptors (Lipinski definition) is 2. The molecule has 0 aliphatic rings. The molecule has 0 aliphatic heterocycles. The summed E-state index contributed by atoms with van der Waals surface area (Å²) in [6.07, 6.45) is 1.23. The number of benzene rings is 1. The normalized spacial score (nSPS) is 14.6. The van der Waals surface area contributed by atoms with Crippen LogP contribution in [0.15, 0.2) is 16.6 Å². The maximum absolute atomic E-state index is 11.8. The van der Waals surface area contributed by atoms with Gasteiger partial charge in [-0.1, -0.05) is 22.0 Å². The van der Waals surface area contributed by atoms with Crippen LogP contribution >= 0.6 is 27.5 Å². The Labute approximate surface area is 123 Å². The fourth-order valence-corrected chi connectivity index (χ4v) is 3.32. The van der Waals surface area contributed by atoms with E-state index in [-0.39, 0.29) is 0 Å². The molecule has 0 bridgehead atoms. The largest absolute Gasteiger partial charge is 0.229 e. The van der Waals surface area contributed by atoms with E-state index in [9.17, 15) is 8.42 Å². The highest BCUT2D eigenvalue weighted by Crippen LogP contribution is 2.40. The molecule has 0 saturated carbocycles. The highest BCUT2D eigenvalue weighted by atomic mass is 79.9. The Kier molecular flexibility index (Phi) is 4.57. The molecule has 102 valence electrons. The van der Waals surface area contributed by atoms with E-state index in [4.69, 9.17) is 11.6 Å². The van der Waals surface area contributed by atoms with Crippen LogP contribution in [0.3, 0.4) is 0 Å². The van der Waals surface area contributed by atoms with Crippen LogP contribution in [-0.2, 0) is 9.84 Å². The van der Waals surface area contributed by atoms with Gasteiger partial charge in [0, 0.05) is 10.7 Å². The lowest BCUT2D eigenvalue weighted by molar-refractivity contribution is 0.543. The molecule has 0 N–H and O–H groups in total. The van der Waals surface area contributed by atoms with Gasteiger partial charge in [-0.25, -0.2) is 8.42 Å². The van der Waals surface area contributed by atoms with Crippen LogP contribution in [0.5, 0.6) is 0 Å². The van der Waals surface area contributed by atoms with Crippen molar-refractivity contribution < 1.29 is 8.42 Å². The molecular formula is C13H18BrClO2S. The third-order valence-corrected chi connectivity index (χ3v) is 7.30. The van der Waals surface area contributed by atoms with Gasteiger partial charge in [0.05, 0.1) is 10.1 Å². The predicted molar refractivity (Wildman–Crippen MR) is 81.1 cm³/mol. The SMILES string of the molecule is Cc1cc(C(Cl)C(C)(C)S(C)(=O)=O)c(C)cc1Br. The zero-order valence-corrected chi connectivity index (χ0v) is 14.4. The molecule has 0 radical (unpaired) electrons. The van der Waals surface area contributed by atoms with Crippen molar-refractivity contribution in [2.75, 3.05) is 6.26 Å². The lowest BCUT2D eigenvalue weighted by atomic mass is 9.96. The summed E-state index contributed by atoms with van der Waals surface area (Å²) in [6, 6.07) is 3.92. The molecule has 1 atom stereocenters. The van der Waals surface area contributed by atoms with Crippen molar-refractivity contribution in [3.8, 4) is 0 Å². The Morgan fingerprint density at radius 3 is 2.17 bits per heavy atom. The monoisotopic (exact) mass is 352 g/mol. The molecule has 1 aromatic rings. The summed E-state index contributed by atoms with van der Waals surface area (Å²) >= 11 is 9.88. The first-order valence-corrected chi connectivity index (χ1v) is 8.71. The van der Waals surface area contributed by atoms with E-state index in [1.807, 2.05) is 26.0 Å². The fourth-order valence-electron chi connectivity index (χ4n) is 1.64. The molecule has 0 aromatic heterocycles. The molecule has 1 rings (SSSR count). The molecule has 18 heavy (non-hydrogen) atoms. The first kappa shape index (κ1) is 16.0. The van der Waals surface area contributed by atoms with E-state index in [1.165, 1.54) is 6.26 Å². The van der Waals surface area contributed by atoms with Gasteiger partial charge in [0.1, 0.15) is 0 Å². The van der Waals surface area contributed by atoms with Gasteiger partial charge >= 0.3 is 0 Å². The second-order valence-electron chi connectivity index (χ2n) is 5.20. The molecule has 2 nitrogen and oxygen atoms in total. The molecule has 0 saturated heterocycles. The summed E-state index contributed by atoms with van der Waals surface area (Å²) in [5.41, 5.74) is 2.91. The van der Waals surface area contributed by atoms with Crippen molar-refractivity contribution in [2.24, 2.45) is 0 Å². The molecule has 0 amide bonds. The zero-order valence-electron chi connectivity index (χ0n) is 11.2. The molecule has 0 fully saturated rings. The van der Waals surface area contributed by atoms with E-state index in [1.54, 1.807) is 13.8 Å². The average Bonchev–Trinajstić information content (AvgIpc) is 2.20. The standard InChI is InChI=1S/C13H18BrClO2S/c1-8-7-11(14)9(2)6-10(8)12(15)13(3,4)18(5,16)17/h6-7,12H,1-5H3. The molecule has 0 heterocycles. The number of halogens is 2. The third kappa shape index (κ3) is 2.91. The summed E-state index contributed by atoms with van der Waals surface area (Å²) in [5.74, 6) is 0. The number of aryl methyl sites for hydroxylation is 2. The van der Waals surface area contributed by atoms with E-state index in [0.29, 0.717) is 0 Å². The van der Waals surface area contributed by atoms with Crippen LogP contribution in [0, 0.1) is 13.8 Å². The van der Waals surface area contributed by atoms with E-state index in [0.717, 1.165) is 21.2 Å². The van der Waals surface area contributed by atoms with Crippen molar-refractivity contribution in [1.29, 1.82) is 0 Å². The van der Waals surface area contributed by atoms with Gasteiger partial charge in [0.15, 0.2) is 9.84 Å². The van der Waals surface area contributed by atoms with Gasteiger partial charge in [-0.3, -0.25) is 0 Å². The molecule has 0 aliphatic carbocycles. The third-order valence-electron chi connectivity index (χ3n) is 3.39. The fraction of sp³-hybridized carbons (Fsp3) is 0.538. The lowest BCUT2D eigenvalue weighted by Crippen LogP contribution is -2.35. The molecule has 1 aromatic carbocycles. The van der Waals surface area contributed by atoms with E-state index < -0.39 is 20.0 Å². The van der Waals surface area contributed by atoms with E-state index >= 15 is 0 Å². The van der Waals surface area contributed by atoms with Crippen LogP contribution in [0.1, 0.15) is 35.9 Å². The highest BCUT2D eigenvalue weighted by Gasteiger charge is 2.39. The van der Waals surface area contributed by atoms with Crippen molar-refractivity contribution in [3.05, 3.63) is 33.3 Å². The summed E-state index contributed by atoms with van der Waals surface area (Å²) in [7, 11) is -3.23. The van der Waals surface area contributed by atoms with Crippen molar-refractivity contribution >= 4 is 37.4 Å². The zero-order chi connectivity index (χ0) is 14.3. The number of alkyl halides is 1. The summed E-state index contributed by atoms with van der Waals surface area (Å²) < 4.78 is 23.7. The van der Waals surface area contributed by atoms with Crippen molar-refractivity contribution in [2.45, 2.75) is 37.8 Å². The Morgan fingerprint density at radius 1 is 1.22 bits per heavy atom. The smallest absolute Gasteiger partial charge is 0.154 e. The molecular weight excluding hydrogens is 336 g/mol. The van der Waals surface area contributed by atoms with Crippen LogP contribution in [0.4, 0.5) is 0 Å². The maximum atomic E-state index is 11.8. The van der Waals surface area contributed by atoms with Crippen molar-refractivity contribution in [3.63, 3.8) is 0 Å². The minimum atomic E-state index is -3.23. The Bertz CT molecular complexity index is 565. The summed E-state index contributed by atoms with van der Waals surface area (Å²) in [6.45, 7) is 7.23. The van der Waals surface area contributed by atoms with Crippen molar-refractivity contribution in [1.82, 2.24) is 0 Å². The molecule has 5 heteroatoms. The van der Waals surface area contributed by atoms with Gasteiger partial charge in [0.25, 0.3) is 0 Å². The lowest BCUT2D eigenvalue weighted by Gasteiger charge is -2.29. The number of sulfone groups is 1. The quantitative estimate of drug-likeness (QED) is 0.764. The summed E-state index contributed by atoms with van der Waals surface area (Å²) in [5, 5.41) is -0.570. The molecule has 1 unspecified atom stereocenters. The van der Waals surface area contributed by atoms with Crippen LogP contribution in [0.25, 0.3) is 0 Å². The Morgan fingerprint density at radius 2 is 1.72 bits per heavy atom. The maximum Gasteiger partial charge on any atom is 0.154 e. The van der Waals surface area contributed by atoms with Gasteiger partial charge in [-0.2, -0.15) is 0 Å². The van der Waals surface area contributed by atoms with Crippen LogP contribution in [0.2, 0.25) is 0 Å². The van der Waals surface area contributed by atoms with Gasteiger partial charge in [-0.15, -0.1) is 11.6 Å². The minimum Gasteiger partial charge on any atom is -0.229 e. The predicted octanol–water partition coefficient (Wildman–Crippen LogP) is 4.17. The summed E-state index contributed by atoms with van der Waals surface area (Å²) in [4.78, 5) is 0. The number of hydrogen-bond donors (Lipinski definition) is 0. The van der Waals surface area contributed by atoms with Gasteiger partial charge < -0.3 is 0 Å². The first-order chi connectivity index (χ1) is 7.98. The van der Waals surface area contributed by atoms with Gasteiger partial charge in [-0.05, 0) is 50.5 Å². The second kappa shape index (κ2) is 5.14. The minimum absolute atomic E-state index is 0.570. The highest BCUT2D eigenvalue weighted by molar-refractivity contribution is 9.10. The average molecular weight is 354 g/mol. The van der Waals surface area contributed by atoms with Crippen LogP contribution in [-0.4, -0.2) is 19.4 Å².